The number of rotatable bonds is 8. The number of amides is 1. The molecule has 1 aromatic carbocycles. The van der Waals surface area contributed by atoms with Crippen molar-refractivity contribution in [2.45, 2.75) is 6.92 Å². The Bertz CT molecular complexity index is 833. The van der Waals surface area contributed by atoms with Gasteiger partial charge in [0.05, 0.1) is 0 Å². The second-order valence-corrected chi connectivity index (χ2v) is 5.56. The van der Waals surface area contributed by atoms with Gasteiger partial charge in [0.15, 0.2) is 12.4 Å². The van der Waals surface area contributed by atoms with Crippen molar-refractivity contribution < 1.29 is 9.53 Å². The largest absolute Gasteiger partial charge is 0.484 e. The molecule has 0 fully saturated rings. The van der Waals surface area contributed by atoms with Crippen LogP contribution in [0.5, 0.6) is 5.75 Å². The van der Waals surface area contributed by atoms with E-state index in [1.165, 1.54) is 0 Å². The molecule has 8 heteroatoms. The zero-order valence-electron chi connectivity index (χ0n) is 14.4. The molecule has 2 N–H and O–H groups in total. The van der Waals surface area contributed by atoms with Gasteiger partial charge in [0.1, 0.15) is 11.6 Å². The average Bonchev–Trinajstić information content (AvgIpc) is 3.20. The molecule has 0 aliphatic carbocycles. The predicted octanol–water partition coefficient (Wildman–Crippen LogP) is 1.58. The molecule has 2 heterocycles. The molecule has 26 heavy (non-hydrogen) atoms. The van der Waals surface area contributed by atoms with E-state index >= 15 is 0 Å². The molecule has 1 amide bonds. The zero-order valence-corrected chi connectivity index (χ0v) is 14.4. The molecule has 0 atom stereocenters. The average molecular weight is 352 g/mol. The van der Waals surface area contributed by atoms with E-state index in [9.17, 15) is 4.79 Å². The number of carbonyl (C=O) groups excluding carboxylic acids is 1. The molecule has 2 aromatic heterocycles. The van der Waals surface area contributed by atoms with Gasteiger partial charge in [-0.25, -0.2) is 4.68 Å². The van der Waals surface area contributed by atoms with Gasteiger partial charge in [-0.3, -0.25) is 4.79 Å². The molecule has 134 valence electrons. The number of hydrogen-bond acceptors (Lipinski definition) is 6. The van der Waals surface area contributed by atoms with Crippen molar-refractivity contribution in [3.8, 4) is 11.6 Å². The number of aryl methyl sites for hydroxylation is 1. The van der Waals surface area contributed by atoms with E-state index in [2.05, 4.69) is 25.9 Å². The maximum Gasteiger partial charge on any atom is 0.258 e. The first-order valence-electron chi connectivity index (χ1n) is 8.25. The Kier molecular flexibility index (Phi) is 5.76. The highest BCUT2D eigenvalue weighted by molar-refractivity contribution is 5.77. The second-order valence-electron chi connectivity index (χ2n) is 5.56. The van der Waals surface area contributed by atoms with E-state index in [0.29, 0.717) is 30.5 Å². The number of anilines is 1. The van der Waals surface area contributed by atoms with E-state index in [4.69, 9.17) is 4.74 Å². The van der Waals surface area contributed by atoms with Crippen LogP contribution in [-0.4, -0.2) is 45.6 Å². The van der Waals surface area contributed by atoms with Gasteiger partial charge < -0.3 is 15.4 Å². The standard InChI is InChI=1S/C18H20N6O2/c1-14-5-2-3-6-15(14)26-13-18(25)20-11-10-19-16-7-8-17(23-22-16)24-12-4-9-21-24/h2-9,12H,10-11,13H2,1H3,(H,19,22)(H,20,25). The molecule has 0 unspecified atom stereocenters. The van der Waals surface area contributed by atoms with Crippen molar-refractivity contribution in [1.82, 2.24) is 25.3 Å². The van der Waals surface area contributed by atoms with E-state index in [-0.39, 0.29) is 12.5 Å². The van der Waals surface area contributed by atoms with E-state index in [1.54, 1.807) is 17.1 Å². The summed E-state index contributed by atoms with van der Waals surface area (Å²) in [5.41, 5.74) is 0.999. The summed E-state index contributed by atoms with van der Waals surface area (Å²) in [5.74, 6) is 1.82. The third-order valence-electron chi connectivity index (χ3n) is 3.60. The molecule has 0 radical (unpaired) electrons. The number of hydrogen-bond donors (Lipinski definition) is 2. The fourth-order valence-corrected chi connectivity index (χ4v) is 2.25. The summed E-state index contributed by atoms with van der Waals surface area (Å²) in [4.78, 5) is 11.8. The molecule has 0 saturated heterocycles. The molecule has 0 spiro atoms. The Morgan fingerprint density at radius 2 is 2.00 bits per heavy atom. The Morgan fingerprint density at radius 1 is 1.12 bits per heavy atom. The molecule has 8 nitrogen and oxygen atoms in total. The minimum Gasteiger partial charge on any atom is -0.484 e. The monoisotopic (exact) mass is 352 g/mol. The Labute approximate surface area is 151 Å². The molecule has 0 bridgehead atoms. The van der Waals surface area contributed by atoms with E-state index in [1.807, 2.05) is 49.4 Å². The van der Waals surface area contributed by atoms with Gasteiger partial charge in [0.2, 0.25) is 0 Å². The van der Waals surface area contributed by atoms with Crippen molar-refractivity contribution in [2.24, 2.45) is 0 Å². The first-order valence-corrected chi connectivity index (χ1v) is 8.25. The van der Waals surface area contributed by atoms with Crippen molar-refractivity contribution in [3.05, 3.63) is 60.4 Å². The van der Waals surface area contributed by atoms with Crippen molar-refractivity contribution in [2.75, 3.05) is 25.0 Å². The van der Waals surface area contributed by atoms with Gasteiger partial charge in [-0.2, -0.15) is 5.10 Å². The topological polar surface area (TPSA) is 94.0 Å². The highest BCUT2D eigenvalue weighted by Gasteiger charge is 2.04. The minimum atomic E-state index is -0.171. The van der Waals surface area contributed by atoms with Gasteiger partial charge in [-0.1, -0.05) is 18.2 Å². The van der Waals surface area contributed by atoms with Crippen LogP contribution in [0.3, 0.4) is 0 Å². The lowest BCUT2D eigenvalue weighted by molar-refractivity contribution is -0.123. The predicted molar refractivity (Wildman–Crippen MR) is 97.3 cm³/mol. The summed E-state index contributed by atoms with van der Waals surface area (Å²) < 4.78 is 7.13. The van der Waals surface area contributed by atoms with Gasteiger partial charge in [-0.15, -0.1) is 10.2 Å². The minimum absolute atomic E-state index is 0.0107. The van der Waals surface area contributed by atoms with Crippen molar-refractivity contribution in [1.29, 1.82) is 0 Å². The maximum atomic E-state index is 11.8. The number of para-hydroxylation sites is 1. The summed E-state index contributed by atoms with van der Waals surface area (Å²) in [6.45, 7) is 2.92. The number of nitrogens with one attached hydrogen (secondary N) is 2. The number of aromatic nitrogens is 4. The van der Waals surface area contributed by atoms with Crippen LogP contribution in [-0.2, 0) is 4.79 Å². The number of nitrogens with zero attached hydrogens (tertiary/aromatic N) is 4. The first kappa shape index (κ1) is 17.4. The lowest BCUT2D eigenvalue weighted by Gasteiger charge is -2.10. The number of carbonyl (C=O) groups is 1. The summed E-state index contributed by atoms with van der Waals surface area (Å²) >= 11 is 0. The van der Waals surface area contributed by atoms with Crippen LogP contribution < -0.4 is 15.4 Å². The molecule has 3 aromatic rings. The highest BCUT2D eigenvalue weighted by Crippen LogP contribution is 2.15. The highest BCUT2D eigenvalue weighted by atomic mass is 16.5. The van der Waals surface area contributed by atoms with Crippen LogP contribution in [0.25, 0.3) is 5.82 Å². The molecular weight excluding hydrogens is 332 g/mol. The fraction of sp³-hybridized carbons (Fsp3) is 0.222. The van der Waals surface area contributed by atoms with Gasteiger partial charge >= 0.3 is 0 Å². The quantitative estimate of drug-likeness (QED) is 0.598. The first-order chi connectivity index (χ1) is 12.7. The Hall–Kier alpha value is -3.42. The van der Waals surface area contributed by atoms with Crippen LogP contribution in [0.15, 0.2) is 54.9 Å². The van der Waals surface area contributed by atoms with Crippen molar-refractivity contribution >= 4 is 11.7 Å². The van der Waals surface area contributed by atoms with Crippen LogP contribution in [0.1, 0.15) is 5.56 Å². The summed E-state index contributed by atoms with van der Waals surface area (Å²) in [6, 6.07) is 13.0. The zero-order chi connectivity index (χ0) is 18.2. The number of ether oxygens (including phenoxy) is 1. The summed E-state index contributed by atoms with van der Waals surface area (Å²) in [5, 5.41) is 18.1. The molecule has 0 saturated carbocycles. The molecule has 3 rings (SSSR count). The Balaban J connectivity index is 1.36. The molecular formula is C18H20N6O2. The normalized spacial score (nSPS) is 10.3. The van der Waals surface area contributed by atoms with Crippen LogP contribution >= 0.6 is 0 Å². The Morgan fingerprint density at radius 3 is 2.73 bits per heavy atom. The van der Waals surface area contributed by atoms with Gasteiger partial charge in [0, 0.05) is 25.5 Å². The lowest BCUT2D eigenvalue weighted by atomic mass is 10.2. The van der Waals surface area contributed by atoms with Crippen LogP contribution in [0.4, 0.5) is 5.82 Å². The smallest absolute Gasteiger partial charge is 0.258 e. The fourth-order valence-electron chi connectivity index (χ4n) is 2.25. The second kappa shape index (κ2) is 8.61. The van der Waals surface area contributed by atoms with Gasteiger partial charge in [-0.05, 0) is 36.8 Å². The molecule has 0 aliphatic rings. The van der Waals surface area contributed by atoms with Crippen LogP contribution in [0, 0.1) is 6.92 Å². The summed E-state index contributed by atoms with van der Waals surface area (Å²) in [7, 11) is 0. The lowest BCUT2D eigenvalue weighted by Crippen LogP contribution is -2.32. The van der Waals surface area contributed by atoms with E-state index in [0.717, 1.165) is 5.56 Å². The SMILES string of the molecule is Cc1ccccc1OCC(=O)NCCNc1ccc(-n2cccn2)nn1. The number of benzene rings is 1. The maximum absolute atomic E-state index is 11.8. The van der Waals surface area contributed by atoms with Gasteiger partial charge in [0.25, 0.3) is 5.91 Å². The van der Waals surface area contributed by atoms with Crippen molar-refractivity contribution in [3.63, 3.8) is 0 Å². The van der Waals surface area contributed by atoms with E-state index < -0.39 is 0 Å². The third-order valence-corrected chi connectivity index (χ3v) is 3.60. The third kappa shape index (κ3) is 4.79. The summed E-state index contributed by atoms with van der Waals surface area (Å²) in [6.07, 6.45) is 3.48. The van der Waals surface area contributed by atoms with Crippen LogP contribution in [0.2, 0.25) is 0 Å². The molecule has 0 aliphatic heterocycles.